The number of esters is 1. The predicted molar refractivity (Wildman–Crippen MR) is 88.5 cm³/mol. The molecule has 3 rings (SSSR count). The van der Waals surface area contributed by atoms with E-state index < -0.39 is 0 Å². The Morgan fingerprint density at radius 1 is 1.14 bits per heavy atom. The first-order valence-electron chi connectivity index (χ1n) is 6.71. The SMILES string of the molecule is Cn1cc(C(=O)OCc2ccc(Cl)c(Cl)c2)c2ccccc21. The van der Waals surface area contributed by atoms with E-state index in [-0.39, 0.29) is 12.6 Å². The third-order valence-electron chi connectivity index (χ3n) is 3.47. The standard InChI is InChI=1S/C17H13Cl2NO2/c1-20-9-13(12-4-2-3-5-16(12)20)17(21)22-10-11-6-7-14(18)15(19)8-11/h2-9H,10H2,1H3. The Labute approximate surface area is 138 Å². The summed E-state index contributed by atoms with van der Waals surface area (Å²) in [5.41, 5.74) is 2.34. The van der Waals surface area contributed by atoms with Crippen LogP contribution in [0.3, 0.4) is 0 Å². The van der Waals surface area contributed by atoms with Crippen molar-refractivity contribution in [2.45, 2.75) is 6.61 Å². The van der Waals surface area contributed by atoms with Crippen molar-refractivity contribution in [3.63, 3.8) is 0 Å². The summed E-state index contributed by atoms with van der Waals surface area (Å²) < 4.78 is 7.28. The fourth-order valence-corrected chi connectivity index (χ4v) is 2.68. The van der Waals surface area contributed by atoms with Crippen LogP contribution in [-0.4, -0.2) is 10.5 Å². The lowest BCUT2D eigenvalue weighted by Crippen LogP contribution is -2.04. The van der Waals surface area contributed by atoms with E-state index in [1.165, 1.54) is 0 Å². The van der Waals surface area contributed by atoms with Gasteiger partial charge in [0.25, 0.3) is 0 Å². The Morgan fingerprint density at radius 2 is 1.91 bits per heavy atom. The molecule has 0 bridgehead atoms. The highest BCUT2D eigenvalue weighted by Gasteiger charge is 2.15. The van der Waals surface area contributed by atoms with Gasteiger partial charge < -0.3 is 9.30 Å². The molecule has 0 fully saturated rings. The molecule has 112 valence electrons. The van der Waals surface area contributed by atoms with Crippen LogP contribution in [0.4, 0.5) is 0 Å². The molecule has 0 saturated carbocycles. The van der Waals surface area contributed by atoms with Crippen LogP contribution in [0.15, 0.2) is 48.7 Å². The Kier molecular flexibility index (Phi) is 4.10. The van der Waals surface area contributed by atoms with Crippen LogP contribution in [0.2, 0.25) is 10.0 Å². The summed E-state index contributed by atoms with van der Waals surface area (Å²) in [5, 5.41) is 1.80. The first-order valence-corrected chi connectivity index (χ1v) is 7.47. The van der Waals surface area contributed by atoms with Crippen LogP contribution in [0.1, 0.15) is 15.9 Å². The largest absolute Gasteiger partial charge is 0.457 e. The van der Waals surface area contributed by atoms with Crippen LogP contribution in [0.5, 0.6) is 0 Å². The van der Waals surface area contributed by atoms with E-state index in [1.54, 1.807) is 24.4 Å². The summed E-state index contributed by atoms with van der Waals surface area (Å²) in [4.78, 5) is 12.3. The molecule has 0 unspecified atom stereocenters. The second-order valence-electron chi connectivity index (χ2n) is 5.00. The number of halogens is 2. The molecule has 1 heterocycles. The number of ether oxygens (including phenoxy) is 1. The first-order chi connectivity index (χ1) is 10.6. The van der Waals surface area contributed by atoms with Crippen molar-refractivity contribution in [1.29, 1.82) is 0 Å². The van der Waals surface area contributed by atoms with E-state index in [9.17, 15) is 4.79 Å². The maximum absolute atomic E-state index is 12.3. The third kappa shape index (κ3) is 2.82. The summed E-state index contributed by atoms with van der Waals surface area (Å²) in [6.45, 7) is 0.152. The quantitative estimate of drug-likeness (QED) is 0.642. The van der Waals surface area contributed by atoms with Crippen molar-refractivity contribution in [2.75, 3.05) is 0 Å². The van der Waals surface area contributed by atoms with Gasteiger partial charge in [-0.05, 0) is 23.8 Å². The van der Waals surface area contributed by atoms with Gasteiger partial charge in [-0.1, -0.05) is 47.5 Å². The van der Waals surface area contributed by atoms with E-state index in [0.717, 1.165) is 16.5 Å². The molecule has 3 nitrogen and oxygen atoms in total. The number of rotatable bonds is 3. The minimum atomic E-state index is -0.358. The number of aryl methyl sites for hydroxylation is 1. The molecule has 0 atom stereocenters. The number of carbonyl (C=O) groups is 1. The van der Waals surface area contributed by atoms with Gasteiger partial charge in [-0.3, -0.25) is 0 Å². The van der Waals surface area contributed by atoms with Crippen molar-refractivity contribution >= 4 is 40.1 Å². The Bertz CT molecular complexity index is 855. The third-order valence-corrected chi connectivity index (χ3v) is 4.21. The molecular weight excluding hydrogens is 321 g/mol. The highest BCUT2D eigenvalue weighted by molar-refractivity contribution is 6.42. The number of hydrogen-bond acceptors (Lipinski definition) is 2. The minimum absolute atomic E-state index is 0.152. The van der Waals surface area contributed by atoms with Crippen molar-refractivity contribution in [3.8, 4) is 0 Å². The maximum Gasteiger partial charge on any atom is 0.340 e. The number of benzene rings is 2. The normalized spacial score (nSPS) is 10.9. The van der Waals surface area contributed by atoms with Crippen molar-refractivity contribution in [3.05, 3.63) is 69.8 Å². The maximum atomic E-state index is 12.3. The van der Waals surface area contributed by atoms with E-state index in [1.807, 2.05) is 35.9 Å². The molecule has 2 aromatic carbocycles. The summed E-state index contributed by atoms with van der Waals surface area (Å²) in [6, 6.07) is 12.9. The van der Waals surface area contributed by atoms with Crippen LogP contribution in [0.25, 0.3) is 10.9 Å². The molecule has 0 saturated heterocycles. The number of nitrogens with zero attached hydrogens (tertiary/aromatic N) is 1. The number of hydrogen-bond donors (Lipinski definition) is 0. The number of aromatic nitrogens is 1. The van der Waals surface area contributed by atoms with Crippen molar-refractivity contribution < 1.29 is 9.53 Å². The second-order valence-corrected chi connectivity index (χ2v) is 5.81. The lowest BCUT2D eigenvalue weighted by molar-refractivity contribution is 0.0475. The zero-order chi connectivity index (χ0) is 15.7. The van der Waals surface area contributed by atoms with E-state index >= 15 is 0 Å². The molecule has 0 spiro atoms. The molecule has 0 amide bonds. The molecule has 0 aliphatic rings. The monoisotopic (exact) mass is 333 g/mol. The van der Waals surface area contributed by atoms with Gasteiger partial charge in [0.15, 0.2) is 0 Å². The first kappa shape index (κ1) is 14.9. The molecular formula is C17H13Cl2NO2. The predicted octanol–water partition coefficient (Wildman–Crippen LogP) is 4.84. The van der Waals surface area contributed by atoms with Crippen LogP contribution in [-0.2, 0) is 18.4 Å². The highest BCUT2D eigenvalue weighted by atomic mass is 35.5. The average Bonchev–Trinajstić information content (AvgIpc) is 2.86. The topological polar surface area (TPSA) is 31.2 Å². The molecule has 22 heavy (non-hydrogen) atoms. The zero-order valence-electron chi connectivity index (χ0n) is 11.8. The smallest absolute Gasteiger partial charge is 0.340 e. The van der Waals surface area contributed by atoms with Gasteiger partial charge in [-0.2, -0.15) is 0 Å². The van der Waals surface area contributed by atoms with Crippen molar-refractivity contribution in [2.24, 2.45) is 7.05 Å². The lowest BCUT2D eigenvalue weighted by Gasteiger charge is -2.05. The number of carbonyl (C=O) groups excluding carboxylic acids is 1. The van der Waals surface area contributed by atoms with E-state index in [0.29, 0.717) is 15.6 Å². The molecule has 0 aliphatic heterocycles. The average molecular weight is 334 g/mol. The molecule has 3 aromatic rings. The number of para-hydroxylation sites is 1. The molecule has 0 aliphatic carbocycles. The van der Waals surface area contributed by atoms with Gasteiger partial charge in [0.2, 0.25) is 0 Å². The molecule has 1 aromatic heterocycles. The van der Waals surface area contributed by atoms with Gasteiger partial charge in [0, 0.05) is 24.1 Å². The van der Waals surface area contributed by atoms with Crippen LogP contribution >= 0.6 is 23.2 Å². The van der Waals surface area contributed by atoms with Crippen LogP contribution < -0.4 is 0 Å². The Balaban J connectivity index is 1.80. The summed E-state index contributed by atoms with van der Waals surface area (Å²) in [5.74, 6) is -0.358. The fourth-order valence-electron chi connectivity index (χ4n) is 2.36. The zero-order valence-corrected chi connectivity index (χ0v) is 13.4. The van der Waals surface area contributed by atoms with Crippen LogP contribution in [0, 0.1) is 0 Å². The van der Waals surface area contributed by atoms with Gasteiger partial charge in [-0.15, -0.1) is 0 Å². The second kappa shape index (κ2) is 6.03. The van der Waals surface area contributed by atoms with Gasteiger partial charge in [-0.25, -0.2) is 4.79 Å². The molecule has 5 heteroatoms. The highest BCUT2D eigenvalue weighted by Crippen LogP contribution is 2.24. The van der Waals surface area contributed by atoms with E-state index in [2.05, 4.69) is 0 Å². The van der Waals surface area contributed by atoms with Gasteiger partial charge in [0.05, 0.1) is 15.6 Å². The summed E-state index contributed by atoms with van der Waals surface area (Å²) in [7, 11) is 1.90. The van der Waals surface area contributed by atoms with Gasteiger partial charge >= 0.3 is 5.97 Å². The van der Waals surface area contributed by atoms with Gasteiger partial charge in [0.1, 0.15) is 6.61 Å². The molecule has 0 N–H and O–H groups in total. The number of fused-ring (bicyclic) bond motifs is 1. The summed E-state index contributed by atoms with van der Waals surface area (Å²) in [6.07, 6.45) is 1.78. The summed E-state index contributed by atoms with van der Waals surface area (Å²) >= 11 is 11.8. The Hall–Kier alpha value is -1.97. The Morgan fingerprint density at radius 3 is 2.68 bits per heavy atom. The lowest BCUT2D eigenvalue weighted by atomic mass is 10.2. The minimum Gasteiger partial charge on any atom is -0.457 e. The fraction of sp³-hybridized carbons (Fsp3) is 0.118. The van der Waals surface area contributed by atoms with E-state index in [4.69, 9.17) is 27.9 Å². The van der Waals surface area contributed by atoms with Crippen molar-refractivity contribution in [1.82, 2.24) is 4.57 Å². The molecule has 0 radical (unpaired) electrons.